The van der Waals surface area contributed by atoms with Gasteiger partial charge in [-0.3, -0.25) is 14.9 Å². The van der Waals surface area contributed by atoms with E-state index in [1.54, 1.807) is 20.8 Å². The molecule has 208 valence electrons. The SMILES string of the molecule is CC(C)(C)OC(=O)C[C@H](NC(=O)OCC1c2ccccc2-c2ccccc21)C(=S)Nc1cc([N+](=O)[O-])ccc1N. The summed E-state index contributed by atoms with van der Waals surface area (Å²) < 4.78 is 11.0. The molecule has 1 atom stereocenters. The standard InChI is InChI=1S/C29H30N4O6S/c1-29(2,3)39-26(34)15-25(27(40)31-24-14-17(33(36)37)12-13-23(24)30)32-28(35)38-16-22-20-10-6-4-8-18(20)19-9-5-7-11-21(19)22/h4-14,22,25H,15-16,30H2,1-3H3,(H,31,40)(H,32,35)/t25-/m0/s1. The molecule has 1 amide bonds. The van der Waals surface area contributed by atoms with Crippen molar-refractivity contribution in [3.63, 3.8) is 0 Å². The number of thiocarbonyl (C=S) groups is 1. The van der Waals surface area contributed by atoms with Crippen LogP contribution in [0.3, 0.4) is 0 Å². The van der Waals surface area contributed by atoms with Crippen LogP contribution in [0.4, 0.5) is 21.9 Å². The third kappa shape index (κ3) is 6.73. The van der Waals surface area contributed by atoms with Crippen LogP contribution in [0.2, 0.25) is 0 Å². The lowest BCUT2D eigenvalue weighted by molar-refractivity contribution is -0.384. The Balaban J connectivity index is 1.49. The van der Waals surface area contributed by atoms with Gasteiger partial charge in [-0.2, -0.15) is 0 Å². The zero-order valence-corrected chi connectivity index (χ0v) is 23.1. The Morgan fingerprint density at radius 1 is 1.05 bits per heavy atom. The first-order valence-corrected chi connectivity index (χ1v) is 13.0. The van der Waals surface area contributed by atoms with Gasteiger partial charge in [-0.1, -0.05) is 60.7 Å². The number of hydrogen-bond acceptors (Lipinski definition) is 8. The fraction of sp³-hybridized carbons (Fsp3) is 0.276. The van der Waals surface area contributed by atoms with Crippen LogP contribution in [0.15, 0.2) is 66.7 Å². The Hall–Kier alpha value is -4.51. The van der Waals surface area contributed by atoms with Gasteiger partial charge in [0.25, 0.3) is 5.69 Å². The lowest BCUT2D eigenvalue weighted by Gasteiger charge is -2.24. The normalized spacial score (nSPS) is 13.0. The van der Waals surface area contributed by atoms with Gasteiger partial charge in [-0.05, 0) is 49.1 Å². The van der Waals surface area contributed by atoms with Crippen molar-refractivity contribution < 1.29 is 24.0 Å². The number of non-ortho nitro benzene ring substituents is 1. The summed E-state index contributed by atoms with van der Waals surface area (Å²) in [5.41, 5.74) is 9.68. The Labute approximate surface area is 237 Å². The molecule has 3 aromatic carbocycles. The van der Waals surface area contributed by atoms with Crippen molar-refractivity contribution in [2.45, 2.75) is 44.8 Å². The molecule has 1 aliphatic rings. The number of benzene rings is 3. The first-order chi connectivity index (χ1) is 18.9. The zero-order chi connectivity index (χ0) is 29.0. The monoisotopic (exact) mass is 562 g/mol. The second-order valence-corrected chi connectivity index (χ2v) is 10.8. The van der Waals surface area contributed by atoms with Crippen LogP contribution in [-0.2, 0) is 14.3 Å². The molecule has 0 spiro atoms. The van der Waals surface area contributed by atoms with E-state index in [0.29, 0.717) is 0 Å². The summed E-state index contributed by atoms with van der Waals surface area (Å²) in [6.07, 6.45) is -1.09. The maximum Gasteiger partial charge on any atom is 0.407 e. The lowest BCUT2D eigenvalue weighted by Crippen LogP contribution is -2.45. The number of nitrogens with one attached hydrogen (secondary N) is 2. The molecule has 11 heteroatoms. The molecule has 40 heavy (non-hydrogen) atoms. The van der Waals surface area contributed by atoms with Gasteiger partial charge in [-0.25, -0.2) is 4.79 Å². The molecule has 0 radical (unpaired) electrons. The Morgan fingerprint density at radius 3 is 2.23 bits per heavy atom. The number of nitro benzene ring substituents is 1. The van der Waals surface area contributed by atoms with Gasteiger partial charge >= 0.3 is 12.1 Å². The third-order valence-corrected chi connectivity index (χ3v) is 6.64. The number of hydrogen-bond donors (Lipinski definition) is 3. The maximum absolute atomic E-state index is 13.0. The van der Waals surface area contributed by atoms with E-state index >= 15 is 0 Å². The number of nitro groups is 1. The quantitative estimate of drug-likeness (QED) is 0.106. The van der Waals surface area contributed by atoms with Crippen molar-refractivity contribution in [1.82, 2.24) is 5.32 Å². The average Bonchev–Trinajstić information content (AvgIpc) is 3.20. The highest BCUT2D eigenvalue weighted by Gasteiger charge is 2.30. The van der Waals surface area contributed by atoms with E-state index in [1.165, 1.54) is 18.2 Å². The van der Waals surface area contributed by atoms with Gasteiger partial charge in [-0.15, -0.1) is 0 Å². The number of alkyl carbamates (subject to hydrolysis) is 1. The highest BCUT2D eigenvalue weighted by molar-refractivity contribution is 7.80. The summed E-state index contributed by atoms with van der Waals surface area (Å²) in [4.78, 5) is 36.3. The third-order valence-electron chi connectivity index (χ3n) is 6.25. The number of carbonyl (C=O) groups is 2. The van der Waals surface area contributed by atoms with Crippen molar-refractivity contribution in [2.24, 2.45) is 0 Å². The molecule has 0 saturated carbocycles. The molecule has 4 rings (SSSR count). The first kappa shape index (κ1) is 28.5. The predicted molar refractivity (Wildman–Crippen MR) is 156 cm³/mol. The van der Waals surface area contributed by atoms with E-state index < -0.39 is 28.6 Å². The number of amides is 1. The summed E-state index contributed by atoms with van der Waals surface area (Å²) in [5, 5.41) is 16.7. The second-order valence-electron chi connectivity index (χ2n) is 10.3. The minimum atomic E-state index is -1.04. The second kappa shape index (κ2) is 11.7. The van der Waals surface area contributed by atoms with Crippen LogP contribution < -0.4 is 16.4 Å². The number of nitrogen functional groups attached to an aromatic ring is 1. The summed E-state index contributed by atoms with van der Waals surface area (Å²) in [5.74, 6) is -0.759. The van der Waals surface area contributed by atoms with Gasteiger partial charge in [0.05, 0.1) is 28.8 Å². The summed E-state index contributed by atoms with van der Waals surface area (Å²) >= 11 is 5.49. The Morgan fingerprint density at radius 2 is 1.65 bits per heavy atom. The minimum Gasteiger partial charge on any atom is -0.460 e. The van der Waals surface area contributed by atoms with Crippen molar-refractivity contribution in [1.29, 1.82) is 0 Å². The molecule has 0 bridgehead atoms. The molecule has 0 unspecified atom stereocenters. The molecule has 0 saturated heterocycles. The molecule has 10 nitrogen and oxygen atoms in total. The Kier molecular flexibility index (Phi) is 8.34. The predicted octanol–water partition coefficient (Wildman–Crippen LogP) is 5.56. The molecule has 0 fully saturated rings. The molecular formula is C29H30N4O6S. The summed E-state index contributed by atoms with van der Waals surface area (Å²) in [6.45, 7) is 5.23. The molecule has 1 aliphatic carbocycles. The van der Waals surface area contributed by atoms with Gasteiger partial charge in [0.15, 0.2) is 0 Å². The van der Waals surface area contributed by atoms with Crippen LogP contribution in [0.5, 0.6) is 0 Å². The number of anilines is 2. The van der Waals surface area contributed by atoms with Crippen molar-refractivity contribution in [3.05, 3.63) is 88.0 Å². The highest BCUT2D eigenvalue weighted by Crippen LogP contribution is 2.44. The number of esters is 1. The fourth-order valence-electron chi connectivity index (χ4n) is 4.53. The summed E-state index contributed by atoms with van der Waals surface area (Å²) in [7, 11) is 0. The molecule has 0 heterocycles. The summed E-state index contributed by atoms with van der Waals surface area (Å²) in [6, 6.07) is 18.7. The van der Waals surface area contributed by atoms with E-state index in [9.17, 15) is 19.7 Å². The van der Waals surface area contributed by atoms with Crippen molar-refractivity contribution in [2.75, 3.05) is 17.7 Å². The van der Waals surface area contributed by atoms with Crippen LogP contribution in [0.1, 0.15) is 44.2 Å². The van der Waals surface area contributed by atoms with E-state index in [1.807, 2.05) is 48.5 Å². The van der Waals surface area contributed by atoms with Crippen molar-refractivity contribution >= 4 is 46.3 Å². The number of carbonyl (C=O) groups excluding carboxylic acids is 2. The van der Waals surface area contributed by atoms with Crippen LogP contribution in [0, 0.1) is 10.1 Å². The lowest BCUT2D eigenvalue weighted by atomic mass is 9.98. The molecular weight excluding hydrogens is 532 g/mol. The smallest absolute Gasteiger partial charge is 0.407 e. The highest BCUT2D eigenvalue weighted by atomic mass is 32.1. The zero-order valence-electron chi connectivity index (χ0n) is 22.3. The molecule has 0 aromatic heterocycles. The number of nitrogens with two attached hydrogens (primary N) is 1. The topological polar surface area (TPSA) is 146 Å². The number of fused-ring (bicyclic) bond motifs is 3. The first-order valence-electron chi connectivity index (χ1n) is 12.6. The van der Waals surface area contributed by atoms with Gasteiger partial charge in [0, 0.05) is 18.1 Å². The number of nitrogens with zero attached hydrogens (tertiary/aromatic N) is 1. The molecule has 4 N–H and O–H groups in total. The van der Waals surface area contributed by atoms with Gasteiger partial charge in [0.2, 0.25) is 0 Å². The van der Waals surface area contributed by atoms with Gasteiger partial charge in [0.1, 0.15) is 17.2 Å². The van der Waals surface area contributed by atoms with Crippen LogP contribution in [-0.4, -0.2) is 40.2 Å². The molecule has 3 aromatic rings. The maximum atomic E-state index is 13.0. The number of ether oxygens (including phenoxy) is 2. The van der Waals surface area contributed by atoms with E-state index in [4.69, 9.17) is 27.4 Å². The van der Waals surface area contributed by atoms with Gasteiger partial charge < -0.3 is 25.8 Å². The van der Waals surface area contributed by atoms with Crippen LogP contribution in [0.25, 0.3) is 11.1 Å². The van der Waals surface area contributed by atoms with E-state index in [-0.39, 0.29) is 41.0 Å². The van der Waals surface area contributed by atoms with E-state index in [2.05, 4.69) is 10.6 Å². The molecule has 0 aliphatic heterocycles. The van der Waals surface area contributed by atoms with Crippen molar-refractivity contribution in [3.8, 4) is 11.1 Å². The van der Waals surface area contributed by atoms with E-state index in [0.717, 1.165) is 22.3 Å². The largest absolute Gasteiger partial charge is 0.460 e. The Bertz CT molecular complexity index is 1420. The van der Waals surface area contributed by atoms with Crippen LogP contribution >= 0.6 is 12.2 Å². The minimum absolute atomic E-state index is 0.00608. The fourth-order valence-corrected chi connectivity index (χ4v) is 4.78. The number of rotatable bonds is 8. The average molecular weight is 563 g/mol.